The van der Waals surface area contributed by atoms with Crippen molar-refractivity contribution in [2.45, 2.75) is 0 Å². The summed E-state index contributed by atoms with van der Waals surface area (Å²) in [5.41, 5.74) is 7.31. The maximum Gasteiger partial charge on any atom is 0.0662 e. The predicted octanol–water partition coefficient (Wildman–Crippen LogP) is 5.35. The van der Waals surface area contributed by atoms with E-state index >= 15 is 0 Å². The van der Waals surface area contributed by atoms with Crippen LogP contribution in [0.1, 0.15) is 22.8 Å². The van der Waals surface area contributed by atoms with Crippen LogP contribution in [0.25, 0.3) is 46.4 Å². The van der Waals surface area contributed by atoms with E-state index in [2.05, 4.69) is 19.9 Å². The van der Waals surface area contributed by atoms with E-state index in [-0.39, 0.29) is 32.2 Å². The first-order valence-corrected chi connectivity index (χ1v) is 8.33. The van der Waals surface area contributed by atoms with Crippen molar-refractivity contribution in [1.29, 1.82) is 0 Å². The molecule has 0 unspecified atom stereocenters. The average Bonchev–Trinajstić information content (AvgIpc) is 3.33. The van der Waals surface area contributed by atoms with Gasteiger partial charge in [0, 0.05) is 36.3 Å². The summed E-state index contributed by atoms with van der Waals surface area (Å²) in [4.78, 5) is 15.9. The molecule has 0 fully saturated rings. The maximum atomic E-state index is 6.36. The van der Waals surface area contributed by atoms with Crippen molar-refractivity contribution in [3.05, 3.63) is 70.3 Å². The summed E-state index contributed by atoms with van der Waals surface area (Å²) in [5.74, 6) is 0. The molecule has 0 amide bonds. The molecule has 8 bridgehead atoms. The van der Waals surface area contributed by atoms with Crippen molar-refractivity contribution in [3.63, 3.8) is 0 Å². The van der Waals surface area contributed by atoms with Crippen LogP contribution in [0.3, 0.4) is 0 Å². The summed E-state index contributed by atoms with van der Waals surface area (Å²) in [5, 5.41) is 0.671. The van der Waals surface area contributed by atoms with Crippen molar-refractivity contribution >= 4 is 90.2 Å². The second-order valence-electron chi connectivity index (χ2n) is 6.02. The Kier molecular flexibility index (Phi) is 5.67. The van der Waals surface area contributed by atoms with E-state index in [4.69, 9.17) is 11.6 Å². The Balaban J connectivity index is 0.00000105. The summed E-state index contributed by atoms with van der Waals surface area (Å²) < 4.78 is 0. The van der Waals surface area contributed by atoms with Crippen molar-refractivity contribution in [2.24, 2.45) is 0 Å². The smallest absolute Gasteiger partial charge is 0.0662 e. The zero-order valence-corrected chi connectivity index (χ0v) is 18.1. The van der Waals surface area contributed by atoms with E-state index in [0.717, 1.165) is 44.8 Å². The fourth-order valence-electron chi connectivity index (χ4n) is 2.98. The molecular formula is C20H14Cl2GaN4. The summed E-state index contributed by atoms with van der Waals surface area (Å²) >= 11 is 6.36. The minimum atomic E-state index is 0. The number of H-pyrrole nitrogens is 2. The molecule has 0 atom stereocenters. The first-order chi connectivity index (χ1) is 12.2. The summed E-state index contributed by atoms with van der Waals surface area (Å²) in [6.07, 6.45) is 7.94. The Morgan fingerprint density at radius 3 is 1.85 bits per heavy atom. The quantitative estimate of drug-likeness (QED) is 0.312. The van der Waals surface area contributed by atoms with Crippen LogP contribution in [0.15, 0.2) is 42.5 Å². The van der Waals surface area contributed by atoms with Crippen LogP contribution in [0, 0.1) is 0 Å². The first-order valence-electron chi connectivity index (χ1n) is 7.95. The zero-order chi connectivity index (χ0) is 16.8. The van der Waals surface area contributed by atoms with Crippen LogP contribution in [0.2, 0.25) is 5.02 Å². The number of aromatic nitrogens is 4. The Labute approximate surface area is 179 Å². The Morgan fingerprint density at radius 2 is 1.19 bits per heavy atom. The van der Waals surface area contributed by atoms with Crippen LogP contribution >= 0.6 is 24.0 Å². The number of halogens is 2. The van der Waals surface area contributed by atoms with E-state index in [9.17, 15) is 0 Å². The molecule has 2 aliphatic heterocycles. The molecular weight excluding hydrogens is 437 g/mol. The Bertz CT molecular complexity index is 1220. The monoisotopic (exact) mass is 449 g/mol. The largest absolute Gasteiger partial charge is 0.355 e. The molecule has 131 valence electrons. The fourth-order valence-corrected chi connectivity index (χ4v) is 3.20. The molecule has 0 aliphatic carbocycles. The van der Waals surface area contributed by atoms with Crippen LogP contribution in [-0.4, -0.2) is 39.7 Å². The average molecular weight is 451 g/mol. The van der Waals surface area contributed by atoms with Gasteiger partial charge in [-0.25, -0.2) is 9.97 Å². The third-order valence-corrected chi connectivity index (χ3v) is 4.43. The predicted molar refractivity (Wildman–Crippen MR) is 117 cm³/mol. The van der Waals surface area contributed by atoms with Crippen molar-refractivity contribution < 1.29 is 0 Å². The molecule has 2 N–H and O–H groups in total. The Morgan fingerprint density at radius 1 is 0.630 bits per heavy atom. The maximum absolute atomic E-state index is 6.36. The van der Waals surface area contributed by atoms with Gasteiger partial charge in [0.1, 0.15) is 0 Å². The van der Waals surface area contributed by atoms with Gasteiger partial charge >= 0.3 is 0 Å². The van der Waals surface area contributed by atoms with Gasteiger partial charge in [-0.05, 0) is 66.8 Å². The summed E-state index contributed by atoms with van der Waals surface area (Å²) in [6.45, 7) is 0. The van der Waals surface area contributed by atoms with Gasteiger partial charge in [-0.15, -0.1) is 12.4 Å². The SMILES string of the molecule is Cl.Clc1cc2cc3ccc(cc4nc(cc5nc(cc1[nH]2)C=C5)C=C4)[nH]3.[Ga]. The normalized spacial score (nSPS) is 11.7. The molecule has 0 aromatic carbocycles. The first kappa shape index (κ1) is 19.6. The third kappa shape index (κ3) is 4.06. The van der Waals surface area contributed by atoms with Crippen LogP contribution in [0.5, 0.6) is 0 Å². The van der Waals surface area contributed by atoms with Gasteiger partial charge in [-0.1, -0.05) is 11.6 Å². The fraction of sp³-hybridized carbons (Fsp3) is 0. The molecule has 0 saturated heterocycles. The molecule has 3 radical (unpaired) electrons. The molecule has 27 heavy (non-hydrogen) atoms. The van der Waals surface area contributed by atoms with Crippen LogP contribution < -0.4 is 0 Å². The van der Waals surface area contributed by atoms with E-state index in [1.165, 1.54) is 0 Å². The molecule has 3 aromatic rings. The van der Waals surface area contributed by atoms with E-state index in [0.29, 0.717) is 5.02 Å². The van der Waals surface area contributed by atoms with Gasteiger partial charge in [0.15, 0.2) is 0 Å². The van der Waals surface area contributed by atoms with Gasteiger partial charge in [0.25, 0.3) is 0 Å². The van der Waals surface area contributed by atoms with Crippen molar-refractivity contribution in [3.8, 4) is 0 Å². The second kappa shape index (κ2) is 7.82. The molecule has 2 aliphatic rings. The van der Waals surface area contributed by atoms with E-state index in [1.807, 2.05) is 66.8 Å². The number of hydrogen-bond donors (Lipinski definition) is 2. The van der Waals surface area contributed by atoms with Gasteiger partial charge < -0.3 is 9.97 Å². The molecule has 0 saturated carbocycles. The zero-order valence-electron chi connectivity index (χ0n) is 14.1. The number of hydrogen-bond acceptors (Lipinski definition) is 2. The number of nitrogens with one attached hydrogen (secondary N) is 2. The number of nitrogens with zero attached hydrogens (tertiary/aromatic N) is 2. The van der Waals surface area contributed by atoms with Gasteiger partial charge in [0.2, 0.25) is 0 Å². The number of aromatic amines is 2. The van der Waals surface area contributed by atoms with E-state index < -0.39 is 0 Å². The van der Waals surface area contributed by atoms with Crippen molar-refractivity contribution in [1.82, 2.24) is 19.9 Å². The Hall–Kier alpha value is -2.18. The van der Waals surface area contributed by atoms with Crippen LogP contribution in [-0.2, 0) is 0 Å². The molecule has 7 heteroatoms. The number of rotatable bonds is 0. The topological polar surface area (TPSA) is 57.4 Å². The van der Waals surface area contributed by atoms with E-state index in [1.54, 1.807) is 0 Å². The van der Waals surface area contributed by atoms with Gasteiger partial charge in [0.05, 0.1) is 33.3 Å². The molecule has 5 heterocycles. The summed E-state index contributed by atoms with van der Waals surface area (Å²) in [7, 11) is 0. The van der Waals surface area contributed by atoms with Crippen LogP contribution in [0.4, 0.5) is 0 Å². The number of fused-ring (bicyclic) bond motifs is 8. The molecule has 3 aromatic heterocycles. The second-order valence-corrected chi connectivity index (χ2v) is 6.43. The van der Waals surface area contributed by atoms with Gasteiger partial charge in [-0.3, -0.25) is 0 Å². The molecule has 0 spiro atoms. The summed E-state index contributed by atoms with van der Waals surface area (Å²) in [6, 6.07) is 13.9. The van der Waals surface area contributed by atoms with Crippen molar-refractivity contribution in [2.75, 3.05) is 0 Å². The minimum absolute atomic E-state index is 0. The molecule has 5 rings (SSSR count). The minimum Gasteiger partial charge on any atom is -0.355 e. The molecule has 4 nitrogen and oxygen atoms in total. The van der Waals surface area contributed by atoms with Gasteiger partial charge in [-0.2, -0.15) is 0 Å². The standard InChI is InChI=1S/C20H13ClN4.ClH.Ga/c21-19-10-18-9-16-4-3-14(23-16)7-12-1-2-13(22-12)8-15-5-6-17(24-15)11-20(19)25-18;;/h1-11,23,25H;1H;. The third-order valence-electron chi connectivity index (χ3n) is 4.12.